The van der Waals surface area contributed by atoms with Crippen molar-refractivity contribution in [1.82, 2.24) is 0 Å². The van der Waals surface area contributed by atoms with Gasteiger partial charge >= 0.3 is 0 Å². The molecule has 0 saturated carbocycles. The molecule has 0 N–H and O–H groups in total. The highest BCUT2D eigenvalue weighted by molar-refractivity contribution is 7.19. The molecule has 108 valence electrons. The zero-order valence-electron chi connectivity index (χ0n) is 10.6. The van der Waals surface area contributed by atoms with Gasteiger partial charge in [0, 0.05) is 26.1 Å². The minimum Gasteiger partial charge on any atom is -0.207 e. The monoisotopic (exact) mass is 314 g/mol. The fourth-order valence-corrected chi connectivity index (χ4v) is 3.39. The Morgan fingerprint density at radius 3 is 2.29 bits per heavy atom. The Kier molecular flexibility index (Phi) is 3.20. The van der Waals surface area contributed by atoms with Crippen molar-refractivity contribution >= 4 is 21.4 Å². The standard InChI is InChI=1S/C15H7F5S/c1-6-12(8-3-2-7(16)4-11(8)21-6)9-5-10(17)14(19)15(20)13(9)18/h2-5H,1H3. The van der Waals surface area contributed by atoms with Crippen molar-refractivity contribution in [1.29, 1.82) is 0 Å². The van der Waals surface area contributed by atoms with Gasteiger partial charge in [-0.25, -0.2) is 22.0 Å². The molecule has 2 aromatic carbocycles. The first kappa shape index (κ1) is 14.0. The van der Waals surface area contributed by atoms with Gasteiger partial charge in [0.25, 0.3) is 0 Å². The molecule has 1 heterocycles. The lowest BCUT2D eigenvalue weighted by Crippen LogP contribution is -1.98. The highest BCUT2D eigenvalue weighted by Crippen LogP contribution is 2.40. The summed E-state index contributed by atoms with van der Waals surface area (Å²) in [6.07, 6.45) is 0. The largest absolute Gasteiger partial charge is 0.207 e. The van der Waals surface area contributed by atoms with E-state index < -0.39 is 29.1 Å². The molecule has 0 aliphatic rings. The zero-order chi connectivity index (χ0) is 15.3. The van der Waals surface area contributed by atoms with Crippen LogP contribution in [0, 0.1) is 36.0 Å². The van der Waals surface area contributed by atoms with Crippen LogP contribution in [0.15, 0.2) is 24.3 Å². The first-order chi connectivity index (χ1) is 9.90. The number of halogens is 5. The van der Waals surface area contributed by atoms with Gasteiger partial charge in [-0.2, -0.15) is 0 Å². The van der Waals surface area contributed by atoms with Gasteiger partial charge in [-0.3, -0.25) is 0 Å². The van der Waals surface area contributed by atoms with Crippen molar-refractivity contribution in [3.8, 4) is 11.1 Å². The Morgan fingerprint density at radius 1 is 0.857 bits per heavy atom. The molecular weight excluding hydrogens is 307 g/mol. The zero-order valence-corrected chi connectivity index (χ0v) is 11.4. The first-order valence-corrected chi connectivity index (χ1v) is 6.74. The van der Waals surface area contributed by atoms with Crippen LogP contribution in [0.1, 0.15) is 4.88 Å². The van der Waals surface area contributed by atoms with Gasteiger partial charge in [-0.1, -0.05) is 0 Å². The Labute approximate surface area is 120 Å². The van der Waals surface area contributed by atoms with Crippen molar-refractivity contribution in [3.05, 3.63) is 58.2 Å². The second-order valence-electron chi connectivity index (χ2n) is 4.52. The average Bonchev–Trinajstić information content (AvgIpc) is 2.75. The van der Waals surface area contributed by atoms with Crippen LogP contribution in [0.3, 0.4) is 0 Å². The maximum Gasteiger partial charge on any atom is 0.198 e. The molecule has 0 aliphatic heterocycles. The molecule has 0 unspecified atom stereocenters. The smallest absolute Gasteiger partial charge is 0.198 e. The third-order valence-corrected chi connectivity index (χ3v) is 4.27. The van der Waals surface area contributed by atoms with Gasteiger partial charge in [-0.05, 0) is 31.2 Å². The molecule has 0 bridgehead atoms. The van der Waals surface area contributed by atoms with Gasteiger partial charge in [0.1, 0.15) is 5.82 Å². The van der Waals surface area contributed by atoms with E-state index in [-0.39, 0.29) is 11.1 Å². The molecule has 0 saturated heterocycles. The van der Waals surface area contributed by atoms with Gasteiger partial charge in [0.2, 0.25) is 0 Å². The van der Waals surface area contributed by atoms with Crippen LogP contribution in [0.4, 0.5) is 22.0 Å². The van der Waals surface area contributed by atoms with Gasteiger partial charge in [-0.15, -0.1) is 11.3 Å². The SMILES string of the molecule is Cc1sc2cc(F)ccc2c1-c1cc(F)c(F)c(F)c1F. The number of rotatable bonds is 1. The summed E-state index contributed by atoms with van der Waals surface area (Å²) in [4.78, 5) is 0.555. The van der Waals surface area contributed by atoms with Crippen molar-refractivity contribution in [2.45, 2.75) is 6.92 Å². The second-order valence-corrected chi connectivity index (χ2v) is 5.78. The predicted molar refractivity (Wildman–Crippen MR) is 71.8 cm³/mol. The van der Waals surface area contributed by atoms with E-state index in [9.17, 15) is 22.0 Å². The topological polar surface area (TPSA) is 0 Å². The molecule has 0 radical (unpaired) electrons. The van der Waals surface area contributed by atoms with Crippen LogP contribution in [-0.4, -0.2) is 0 Å². The molecule has 0 nitrogen and oxygen atoms in total. The molecule has 0 amide bonds. The van der Waals surface area contributed by atoms with Crippen LogP contribution >= 0.6 is 11.3 Å². The van der Waals surface area contributed by atoms with Crippen molar-refractivity contribution < 1.29 is 22.0 Å². The number of hydrogen-bond donors (Lipinski definition) is 0. The normalized spacial score (nSPS) is 11.3. The van der Waals surface area contributed by atoms with E-state index >= 15 is 0 Å². The molecule has 0 fully saturated rings. The lowest BCUT2D eigenvalue weighted by atomic mass is 10.0. The van der Waals surface area contributed by atoms with Crippen LogP contribution < -0.4 is 0 Å². The van der Waals surface area contributed by atoms with E-state index in [0.717, 1.165) is 0 Å². The van der Waals surface area contributed by atoms with Crippen molar-refractivity contribution in [3.63, 3.8) is 0 Å². The van der Waals surface area contributed by atoms with Crippen molar-refractivity contribution in [2.75, 3.05) is 0 Å². The predicted octanol–water partition coefficient (Wildman–Crippen LogP) is 5.57. The Hall–Kier alpha value is -1.95. The maximum absolute atomic E-state index is 13.9. The summed E-state index contributed by atoms with van der Waals surface area (Å²) in [6, 6.07) is 4.45. The summed E-state index contributed by atoms with van der Waals surface area (Å²) in [7, 11) is 0. The highest BCUT2D eigenvalue weighted by Gasteiger charge is 2.23. The minimum absolute atomic E-state index is 0.241. The van der Waals surface area contributed by atoms with Gasteiger partial charge < -0.3 is 0 Å². The lowest BCUT2D eigenvalue weighted by Gasteiger charge is -2.07. The molecule has 0 spiro atoms. The number of benzene rings is 2. The van der Waals surface area contributed by atoms with Crippen LogP contribution in [-0.2, 0) is 0 Å². The fourth-order valence-electron chi connectivity index (χ4n) is 2.28. The van der Waals surface area contributed by atoms with Crippen LogP contribution in [0.25, 0.3) is 21.2 Å². The summed E-state index contributed by atoms with van der Waals surface area (Å²) in [5.41, 5.74) is -0.132. The fraction of sp³-hybridized carbons (Fsp3) is 0.0667. The summed E-state index contributed by atoms with van der Waals surface area (Å²) in [5.74, 6) is -7.09. The number of aryl methyl sites for hydroxylation is 1. The molecule has 3 rings (SSSR count). The Morgan fingerprint density at radius 2 is 1.57 bits per heavy atom. The first-order valence-electron chi connectivity index (χ1n) is 5.92. The summed E-state index contributed by atoms with van der Waals surface area (Å²) in [5, 5.41) is 0.461. The van der Waals surface area contributed by atoms with E-state index in [0.29, 0.717) is 21.0 Å². The molecule has 1 aromatic heterocycles. The van der Waals surface area contributed by atoms with E-state index in [2.05, 4.69) is 0 Å². The van der Waals surface area contributed by atoms with Crippen molar-refractivity contribution in [2.24, 2.45) is 0 Å². The molecule has 21 heavy (non-hydrogen) atoms. The van der Waals surface area contributed by atoms with Gasteiger partial charge in [0.15, 0.2) is 23.3 Å². The summed E-state index contributed by atoms with van der Waals surface area (Å²) < 4.78 is 67.5. The number of fused-ring (bicyclic) bond motifs is 1. The molecule has 0 aliphatic carbocycles. The highest BCUT2D eigenvalue weighted by atomic mass is 32.1. The average molecular weight is 314 g/mol. The second kappa shape index (κ2) is 4.80. The number of hydrogen-bond acceptors (Lipinski definition) is 1. The summed E-state index contributed by atoms with van der Waals surface area (Å²) >= 11 is 1.17. The van der Waals surface area contributed by atoms with E-state index in [4.69, 9.17) is 0 Å². The lowest BCUT2D eigenvalue weighted by molar-refractivity contribution is 0.411. The minimum atomic E-state index is -1.86. The van der Waals surface area contributed by atoms with Gasteiger partial charge in [0.05, 0.1) is 0 Å². The molecular formula is C15H7F5S. The van der Waals surface area contributed by atoms with Crippen LogP contribution in [0.2, 0.25) is 0 Å². The molecule has 3 aromatic rings. The molecule has 0 atom stereocenters. The molecule has 6 heteroatoms. The Balaban J connectivity index is 2.38. The Bertz CT molecular complexity index is 866. The maximum atomic E-state index is 13.9. The quantitative estimate of drug-likeness (QED) is 0.313. The van der Waals surface area contributed by atoms with Crippen LogP contribution in [0.5, 0.6) is 0 Å². The third kappa shape index (κ3) is 2.10. The van der Waals surface area contributed by atoms with E-state index in [1.807, 2.05) is 0 Å². The number of thiophene rings is 1. The van der Waals surface area contributed by atoms with E-state index in [1.165, 1.54) is 29.5 Å². The third-order valence-electron chi connectivity index (χ3n) is 3.20. The van der Waals surface area contributed by atoms with E-state index in [1.54, 1.807) is 6.92 Å². The summed E-state index contributed by atoms with van der Waals surface area (Å²) in [6.45, 7) is 1.62.